The third-order valence-corrected chi connectivity index (χ3v) is 4.91. The first-order valence-electron chi connectivity index (χ1n) is 9.03. The van der Waals surface area contributed by atoms with Crippen molar-refractivity contribution in [2.75, 3.05) is 17.7 Å². The highest BCUT2D eigenvalue weighted by atomic mass is 32.2. The fraction of sp³-hybridized carbons (Fsp3) is 0.368. The predicted molar refractivity (Wildman–Crippen MR) is 109 cm³/mol. The molecule has 29 heavy (non-hydrogen) atoms. The van der Waals surface area contributed by atoms with E-state index in [2.05, 4.69) is 21.3 Å². The second-order valence-electron chi connectivity index (χ2n) is 6.11. The van der Waals surface area contributed by atoms with E-state index in [0.29, 0.717) is 17.3 Å². The molecule has 156 valence electrons. The van der Waals surface area contributed by atoms with Gasteiger partial charge in [0.1, 0.15) is 11.5 Å². The number of nitrogens with zero attached hydrogens (tertiary/aromatic N) is 1. The minimum atomic E-state index is -0.498. The van der Waals surface area contributed by atoms with Crippen molar-refractivity contribution >= 4 is 35.3 Å². The van der Waals surface area contributed by atoms with Gasteiger partial charge in [-0.3, -0.25) is 25.2 Å². The van der Waals surface area contributed by atoms with E-state index in [1.165, 1.54) is 0 Å². The average Bonchev–Trinajstić information content (AvgIpc) is 3.13. The molecule has 1 unspecified atom stereocenters. The SMILES string of the molecule is CCc1ccccc1OCC(=O)NNC(=O)CSC(C)C(=O)Nc1cc(C)on1. The van der Waals surface area contributed by atoms with Crippen LogP contribution in [0, 0.1) is 6.92 Å². The van der Waals surface area contributed by atoms with Gasteiger partial charge < -0.3 is 14.6 Å². The quantitative estimate of drug-likeness (QED) is 0.529. The zero-order chi connectivity index (χ0) is 21.2. The highest BCUT2D eigenvalue weighted by Gasteiger charge is 2.17. The molecule has 0 radical (unpaired) electrons. The molecule has 0 fully saturated rings. The Morgan fingerprint density at radius 3 is 2.62 bits per heavy atom. The van der Waals surface area contributed by atoms with Crippen LogP contribution in [0.5, 0.6) is 5.75 Å². The van der Waals surface area contributed by atoms with Crippen LogP contribution in [0.4, 0.5) is 5.82 Å². The molecule has 3 amide bonds. The molecule has 0 saturated heterocycles. The number of hydrogen-bond acceptors (Lipinski definition) is 7. The van der Waals surface area contributed by atoms with Gasteiger partial charge in [0.2, 0.25) is 11.8 Å². The number of thioether (sulfide) groups is 1. The van der Waals surface area contributed by atoms with Crippen LogP contribution < -0.4 is 20.9 Å². The lowest BCUT2D eigenvalue weighted by molar-refractivity contribution is -0.128. The standard InChI is InChI=1S/C19H24N4O5S/c1-4-14-7-5-6-8-15(14)27-10-17(24)21-22-18(25)11-29-13(3)19(26)20-16-9-12(2)28-23-16/h5-9,13H,4,10-11H2,1-3H3,(H,21,24)(H,22,25)(H,20,23,26). The van der Waals surface area contributed by atoms with E-state index in [4.69, 9.17) is 9.26 Å². The Morgan fingerprint density at radius 1 is 1.21 bits per heavy atom. The number of aryl methyl sites for hydroxylation is 2. The number of carbonyl (C=O) groups is 3. The van der Waals surface area contributed by atoms with Crippen LogP contribution in [0.15, 0.2) is 34.9 Å². The number of hydrogen-bond donors (Lipinski definition) is 3. The Bertz CT molecular complexity index is 855. The average molecular weight is 420 g/mol. The Labute approximate surface area is 172 Å². The lowest BCUT2D eigenvalue weighted by Crippen LogP contribution is -2.44. The second kappa shape index (κ2) is 11.1. The Kier molecular flexibility index (Phi) is 8.53. The van der Waals surface area contributed by atoms with Crippen molar-refractivity contribution in [2.24, 2.45) is 0 Å². The van der Waals surface area contributed by atoms with Gasteiger partial charge in [-0.2, -0.15) is 0 Å². The maximum atomic E-state index is 12.0. The normalized spacial score (nSPS) is 11.4. The number of para-hydroxylation sites is 1. The third-order valence-electron chi connectivity index (χ3n) is 3.77. The summed E-state index contributed by atoms with van der Waals surface area (Å²) < 4.78 is 10.3. The summed E-state index contributed by atoms with van der Waals surface area (Å²) in [5.74, 6) is 0.305. The van der Waals surface area contributed by atoms with Gasteiger partial charge in [-0.1, -0.05) is 30.3 Å². The molecule has 0 aliphatic heterocycles. The van der Waals surface area contributed by atoms with E-state index in [1.807, 2.05) is 25.1 Å². The summed E-state index contributed by atoms with van der Waals surface area (Å²) in [6.45, 7) is 5.15. The van der Waals surface area contributed by atoms with Crippen LogP contribution >= 0.6 is 11.8 Å². The molecule has 1 atom stereocenters. The Morgan fingerprint density at radius 2 is 1.93 bits per heavy atom. The van der Waals surface area contributed by atoms with Gasteiger partial charge in [0.15, 0.2) is 12.4 Å². The largest absolute Gasteiger partial charge is 0.483 e. The topological polar surface area (TPSA) is 123 Å². The first kappa shape index (κ1) is 22.3. The van der Waals surface area contributed by atoms with Crippen molar-refractivity contribution in [3.8, 4) is 5.75 Å². The van der Waals surface area contributed by atoms with Gasteiger partial charge in [0, 0.05) is 6.07 Å². The van der Waals surface area contributed by atoms with Crippen LogP contribution in [0.25, 0.3) is 0 Å². The van der Waals surface area contributed by atoms with E-state index >= 15 is 0 Å². The van der Waals surface area contributed by atoms with Crippen molar-refractivity contribution in [3.63, 3.8) is 0 Å². The first-order valence-corrected chi connectivity index (χ1v) is 10.1. The predicted octanol–water partition coefficient (Wildman–Crippen LogP) is 1.83. The Balaban J connectivity index is 1.65. The second-order valence-corrected chi connectivity index (χ2v) is 7.44. The Hall–Kier alpha value is -3.01. The number of carbonyl (C=O) groups excluding carboxylic acids is 3. The van der Waals surface area contributed by atoms with Gasteiger partial charge in [0.05, 0.1) is 11.0 Å². The molecule has 1 aromatic heterocycles. The lowest BCUT2D eigenvalue weighted by Gasteiger charge is -2.12. The fourth-order valence-electron chi connectivity index (χ4n) is 2.22. The maximum Gasteiger partial charge on any atom is 0.276 e. The highest BCUT2D eigenvalue weighted by molar-refractivity contribution is 8.01. The molecular weight excluding hydrogens is 396 g/mol. The van der Waals surface area contributed by atoms with Crippen LogP contribution in [0.3, 0.4) is 0 Å². The minimum absolute atomic E-state index is 0.00770. The van der Waals surface area contributed by atoms with Gasteiger partial charge in [0.25, 0.3) is 5.91 Å². The summed E-state index contributed by atoms with van der Waals surface area (Å²) in [5, 5.41) is 5.78. The zero-order valence-electron chi connectivity index (χ0n) is 16.5. The third kappa shape index (κ3) is 7.49. The molecule has 10 heteroatoms. The van der Waals surface area contributed by atoms with Crippen molar-refractivity contribution in [3.05, 3.63) is 41.7 Å². The number of nitrogens with one attached hydrogen (secondary N) is 3. The molecule has 2 rings (SSSR count). The molecule has 9 nitrogen and oxygen atoms in total. The number of rotatable bonds is 9. The molecule has 0 spiro atoms. The molecule has 2 aromatic rings. The fourth-order valence-corrected chi connectivity index (χ4v) is 2.91. The van der Waals surface area contributed by atoms with Crippen LogP contribution in [0.1, 0.15) is 25.2 Å². The molecule has 1 heterocycles. The number of benzene rings is 1. The van der Waals surface area contributed by atoms with E-state index in [-0.39, 0.29) is 18.3 Å². The number of anilines is 1. The molecule has 3 N–H and O–H groups in total. The maximum absolute atomic E-state index is 12.0. The van der Waals surface area contributed by atoms with Crippen molar-refractivity contribution in [1.82, 2.24) is 16.0 Å². The van der Waals surface area contributed by atoms with Gasteiger partial charge in [-0.25, -0.2) is 0 Å². The van der Waals surface area contributed by atoms with E-state index < -0.39 is 17.1 Å². The summed E-state index contributed by atoms with van der Waals surface area (Å²) in [7, 11) is 0. The van der Waals surface area contributed by atoms with Crippen molar-refractivity contribution in [2.45, 2.75) is 32.4 Å². The van der Waals surface area contributed by atoms with Crippen LogP contribution in [0.2, 0.25) is 0 Å². The number of ether oxygens (including phenoxy) is 1. The van der Waals surface area contributed by atoms with Crippen LogP contribution in [-0.2, 0) is 20.8 Å². The highest BCUT2D eigenvalue weighted by Crippen LogP contribution is 2.18. The van der Waals surface area contributed by atoms with Crippen LogP contribution in [-0.4, -0.2) is 40.5 Å². The molecular formula is C19H24N4O5S. The molecule has 0 saturated carbocycles. The van der Waals surface area contributed by atoms with Crippen molar-refractivity contribution < 1.29 is 23.6 Å². The minimum Gasteiger partial charge on any atom is -0.483 e. The van der Waals surface area contributed by atoms with Gasteiger partial charge in [-0.05, 0) is 31.9 Å². The number of hydrazine groups is 1. The molecule has 0 aliphatic carbocycles. The molecule has 0 bridgehead atoms. The molecule has 1 aromatic carbocycles. The van der Waals surface area contributed by atoms with Gasteiger partial charge >= 0.3 is 0 Å². The summed E-state index contributed by atoms with van der Waals surface area (Å²) in [6, 6.07) is 9.03. The number of amides is 3. The van der Waals surface area contributed by atoms with E-state index in [9.17, 15) is 14.4 Å². The number of aromatic nitrogens is 1. The van der Waals surface area contributed by atoms with Gasteiger partial charge in [-0.15, -0.1) is 11.8 Å². The summed E-state index contributed by atoms with van der Waals surface area (Å²) in [5.41, 5.74) is 5.58. The zero-order valence-corrected chi connectivity index (χ0v) is 17.3. The first-order chi connectivity index (χ1) is 13.9. The summed E-state index contributed by atoms with van der Waals surface area (Å²) in [6.07, 6.45) is 0.785. The lowest BCUT2D eigenvalue weighted by atomic mass is 10.1. The molecule has 0 aliphatic rings. The van der Waals surface area contributed by atoms with E-state index in [1.54, 1.807) is 26.0 Å². The monoisotopic (exact) mass is 420 g/mol. The summed E-state index contributed by atoms with van der Waals surface area (Å²) in [4.78, 5) is 35.7. The summed E-state index contributed by atoms with van der Waals surface area (Å²) >= 11 is 1.12. The van der Waals surface area contributed by atoms with Crippen molar-refractivity contribution in [1.29, 1.82) is 0 Å². The smallest absolute Gasteiger partial charge is 0.276 e. The van der Waals surface area contributed by atoms with E-state index in [0.717, 1.165) is 23.7 Å².